The molecule has 0 unspecified atom stereocenters. The molecule has 2 aromatic rings. The van der Waals surface area contributed by atoms with Crippen LogP contribution in [0.25, 0.3) is 11.0 Å². The van der Waals surface area contributed by atoms with E-state index < -0.39 is 0 Å². The van der Waals surface area contributed by atoms with Gasteiger partial charge in [0, 0.05) is 17.5 Å². The van der Waals surface area contributed by atoms with Gasteiger partial charge in [-0.1, -0.05) is 32.0 Å². The molecule has 3 nitrogen and oxygen atoms in total. The molecule has 1 amide bonds. The Morgan fingerprint density at radius 3 is 2.72 bits per heavy atom. The third-order valence-electron chi connectivity index (χ3n) is 3.06. The number of aryl methyl sites for hydroxylation is 1. The van der Waals surface area contributed by atoms with Gasteiger partial charge < -0.3 is 9.73 Å². The number of amides is 1. The maximum Gasteiger partial charge on any atom is 0.287 e. The monoisotopic (exact) mass is 245 g/mol. The van der Waals surface area contributed by atoms with E-state index in [2.05, 4.69) is 19.2 Å². The summed E-state index contributed by atoms with van der Waals surface area (Å²) in [6, 6.07) is 7.71. The number of benzene rings is 1. The summed E-state index contributed by atoms with van der Waals surface area (Å²) in [5.41, 5.74) is 1.68. The van der Waals surface area contributed by atoms with Crippen LogP contribution in [0.5, 0.6) is 0 Å². The Kier molecular flexibility index (Phi) is 3.70. The number of carbonyl (C=O) groups excluding carboxylic acids is 1. The lowest BCUT2D eigenvalue weighted by atomic mass is 10.1. The van der Waals surface area contributed by atoms with E-state index >= 15 is 0 Å². The van der Waals surface area contributed by atoms with Crippen molar-refractivity contribution < 1.29 is 9.21 Å². The van der Waals surface area contributed by atoms with Crippen LogP contribution in [0.1, 0.15) is 36.4 Å². The first-order valence-corrected chi connectivity index (χ1v) is 6.36. The highest BCUT2D eigenvalue weighted by Gasteiger charge is 2.16. The Balaban J connectivity index is 2.15. The third-order valence-corrected chi connectivity index (χ3v) is 3.06. The molecule has 1 aromatic heterocycles. The van der Waals surface area contributed by atoms with E-state index in [4.69, 9.17) is 4.42 Å². The number of hydrogen-bond acceptors (Lipinski definition) is 2. The van der Waals surface area contributed by atoms with Gasteiger partial charge in [-0.2, -0.15) is 0 Å². The molecule has 1 heterocycles. The van der Waals surface area contributed by atoms with Gasteiger partial charge in [0.25, 0.3) is 5.91 Å². The predicted molar refractivity (Wildman–Crippen MR) is 72.7 cm³/mol. The zero-order valence-corrected chi connectivity index (χ0v) is 11.1. The van der Waals surface area contributed by atoms with Gasteiger partial charge in [0.15, 0.2) is 5.76 Å². The second kappa shape index (κ2) is 5.25. The van der Waals surface area contributed by atoms with Crippen LogP contribution in [-0.4, -0.2) is 12.5 Å². The predicted octanol–water partition coefficient (Wildman–Crippen LogP) is 3.52. The van der Waals surface area contributed by atoms with Gasteiger partial charge in [-0.05, 0) is 25.3 Å². The van der Waals surface area contributed by atoms with Crippen LogP contribution in [0.4, 0.5) is 0 Å². The number of carbonyl (C=O) groups is 1. The molecule has 0 aliphatic rings. The van der Waals surface area contributed by atoms with E-state index in [1.54, 1.807) is 0 Å². The smallest absolute Gasteiger partial charge is 0.287 e. The number of para-hydroxylation sites is 1. The highest BCUT2D eigenvalue weighted by Crippen LogP contribution is 2.24. The van der Waals surface area contributed by atoms with Gasteiger partial charge in [-0.3, -0.25) is 4.79 Å². The minimum Gasteiger partial charge on any atom is -0.451 e. The van der Waals surface area contributed by atoms with Crippen molar-refractivity contribution in [2.24, 2.45) is 5.92 Å². The molecule has 96 valence electrons. The number of nitrogens with one attached hydrogen (secondary N) is 1. The zero-order valence-electron chi connectivity index (χ0n) is 11.1. The molecular formula is C15H19NO2. The number of rotatable bonds is 4. The van der Waals surface area contributed by atoms with Crippen molar-refractivity contribution in [2.75, 3.05) is 6.54 Å². The SMILES string of the molecule is Cc1c(C(=O)NCCC(C)C)oc2ccccc12. The maximum absolute atomic E-state index is 12.0. The standard InChI is InChI=1S/C15H19NO2/c1-10(2)8-9-16-15(17)14-11(3)12-6-4-5-7-13(12)18-14/h4-7,10H,8-9H2,1-3H3,(H,16,17). The van der Waals surface area contributed by atoms with Crippen LogP contribution in [0, 0.1) is 12.8 Å². The van der Waals surface area contributed by atoms with Gasteiger partial charge in [0.2, 0.25) is 0 Å². The lowest BCUT2D eigenvalue weighted by Gasteiger charge is -2.05. The van der Waals surface area contributed by atoms with Gasteiger partial charge in [-0.25, -0.2) is 0 Å². The molecule has 3 heteroatoms. The van der Waals surface area contributed by atoms with Crippen LogP contribution in [0.3, 0.4) is 0 Å². The maximum atomic E-state index is 12.0. The summed E-state index contributed by atoms with van der Waals surface area (Å²) >= 11 is 0. The topological polar surface area (TPSA) is 42.2 Å². The highest BCUT2D eigenvalue weighted by atomic mass is 16.3. The molecule has 0 aliphatic heterocycles. The van der Waals surface area contributed by atoms with Crippen molar-refractivity contribution in [3.63, 3.8) is 0 Å². The van der Waals surface area contributed by atoms with E-state index in [-0.39, 0.29) is 5.91 Å². The summed E-state index contributed by atoms with van der Waals surface area (Å²) < 4.78 is 5.61. The third kappa shape index (κ3) is 2.55. The summed E-state index contributed by atoms with van der Waals surface area (Å²) in [5, 5.41) is 3.91. The van der Waals surface area contributed by atoms with E-state index in [0.717, 1.165) is 23.0 Å². The fourth-order valence-corrected chi connectivity index (χ4v) is 1.95. The van der Waals surface area contributed by atoms with Gasteiger partial charge in [0.05, 0.1) is 0 Å². The van der Waals surface area contributed by atoms with Crippen molar-refractivity contribution in [3.05, 3.63) is 35.6 Å². The minimum atomic E-state index is -0.121. The molecule has 1 N–H and O–H groups in total. The normalized spacial score (nSPS) is 11.1. The Morgan fingerprint density at radius 1 is 1.33 bits per heavy atom. The molecule has 1 aromatic carbocycles. The first kappa shape index (κ1) is 12.7. The molecule has 0 spiro atoms. The molecule has 0 fully saturated rings. The van der Waals surface area contributed by atoms with E-state index in [1.807, 2.05) is 31.2 Å². The van der Waals surface area contributed by atoms with Crippen LogP contribution in [0.2, 0.25) is 0 Å². The molecule has 0 saturated heterocycles. The second-order valence-corrected chi connectivity index (χ2v) is 4.99. The number of furan rings is 1. The van der Waals surface area contributed by atoms with Crippen molar-refractivity contribution in [1.29, 1.82) is 0 Å². The summed E-state index contributed by atoms with van der Waals surface area (Å²) in [4.78, 5) is 12.0. The Labute approximate surface area is 107 Å². The average molecular weight is 245 g/mol. The second-order valence-electron chi connectivity index (χ2n) is 4.99. The van der Waals surface area contributed by atoms with Gasteiger partial charge in [0.1, 0.15) is 5.58 Å². The van der Waals surface area contributed by atoms with Crippen LogP contribution in [-0.2, 0) is 0 Å². The fourth-order valence-electron chi connectivity index (χ4n) is 1.95. The minimum absolute atomic E-state index is 0.121. The largest absolute Gasteiger partial charge is 0.451 e. The van der Waals surface area contributed by atoms with Crippen LogP contribution >= 0.6 is 0 Å². The molecule has 0 atom stereocenters. The summed E-state index contributed by atoms with van der Waals surface area (Å²) in [6.45, 7) is 6.88. The van der Waals surface area contributed by atoms with Crippen molar-refractivity contribution in [2.45, 2.75) is 27.2 Å². The molecule has 0 radical (unpaired) electrons. The average Bonchev–Trinajstić information content (AvgIpc) is 2.67. The summed E-state index contributed by atoms with van der Waals surface area (Å²) in [6.07, 6.45) is 0.977. The highest BCUT2D eigenvalue weighted by molar-refractivity contribution is 5.98. The Hall–Kier alpha value is -1.77. The van der Waals surface area contributed by atoms with E-state index in [9.17, 15) is 4.79 Å². The molecule has 0 saturated carbocycles. The fraction of sp³-hybridized carbons (Fsp3) is 0.400. The first-order valence-electron chi connectivity index (χ1n) is 6.36. The lowest BCUT2D eigenvalue weighted by molar-refractivity contribution is 0.0925. The quantitative estimate of drug-likeness (QED) is 0.895. The molecular weight excluding hydrogens is 226 g/mol. The van der Waals surface area contributed by atoms with Crippen LogP contribution in [0.15, 0.2) is 28.7 Å². The number of fused-ring (bicyclic) bond motifs is 1. The lowest BCUT2D eigenvalue weighted by Crippen LogP contribution is -2.25. The van der Waals surface area contributed by atoms with Crippen molar-refractivity contribution in [3.8, 4) is 0 Å². The molecule has 0 bridgehead atoms. The van der Waals surface area contributed by atoms with Crippen molar-refractivity contribution in [1.82, 2.24) is 5.32 Å². The molecule has 2 rings (SSSR count). The zero-order chi connectivity index (χ0) is 13.1. The Bertz CT molecular complexity index is 555. The summed E-state index contributed by atoms with van der Waals surface area (Å²) in [7, 11) is 0. The van der Waals surface area contributed by atoms with Crippen molar-refractivity contribution >= 4 is 16.9 Å². The number of hydrogen-bond donors (Lipinski definition) is 1. The Morgan fingerprint density at radius 2 is 2.06 bits per heavy atom. The molecule has 0 aliphatic carbocycles. The van der Waals surface area contributed by atoms with E-state index in [1.165, 1.54) is 0 Å². The molecule has 18 heavy (non-hydrogen) atoms. The summed E-state index contributed by atoms with van der Waals surface area (Å²) in [5.74, 6) is 0.895. The van der Waals surface area contributed by atoms with E-state index in [0.29, 0.717) is 18.2 Å². The van der Waals surface area contributed by atoms with Gasteiger partial charge in [-0.15, -0.1) is 0 Å². The van der Waals surface area contributed by atoms with Gasteiger partial charge >= 0.3 is 0 Å². The first-order chi connectivity index (χ1) is 8.59. The van der Waals surface area contributed by atoms with Crippen LogP contribution < -0.4 is 5.32 Å².